The van der Waals surface area contributed by atoms with E-state index in [1.165, 1.54) is 0 Å². The first kappa shape index (κ1) is 13.5. The Balaban J connectivity index is 1.83. The normalized spacial score (nSPS) is 17.8. The van der Waals surface area contributed by atoms with Gasteiger partial charge in [0.2, 0.25) is 0 Å². The summed E-state index contributed by atoms with van der Waals surface area (Å²) in [4.78, 5) is 0. The van der Waals surface area contributed by atoms with Crippen LogP contribution in [0.2, 0.25) is 0 Å². The van der Waals surface area contributed by atoms with E-state index in [9.17, 15) is 8.42 Å². The van der Waals surface area contributed by atoms with Crippen LogP contribution in [0.4, 0.5) is 0 Å². The van der Waals surface area contributed by atoms with E-state index >= 15 is 0 Å². The van der Waals surface area contributed by atoms with Gasteiger partial charge >= 0.3 is 0 Å². The SMILES string of the molecule is O=S(=O)(CCC1OCCCO1)Cc1ccccc1. The van der Waals surface area contributed by atoms with Crippen molar-refractivity contribution in [2.45, 2.75) is 24.9 Å². The van der Waals surface area contributed by atoms with E-state index in [1.54, 1.807) is 0 Å². The molecule has 1 aliphatic rings. The summed E-state index contributed by atoms with van der Waals surface area (Å²) in [7, 11) is -3.09. The number of ether oxygens (including phenoxy) is 2. The fraction of sp³-hybridized carbons (Fsp3) is 0.538. The Hall–Kier alpha value is -0.910. The highest BCUT2D eigenvalue weighted by molar-refractivity contribution is 7.90. The van der Waals surface area contributed by atoms with Gasteiger partial charge in [0, 0.05) is 6.42 Å². The quantitative estimate of drug-likeness (QED) is 0.818. The van der Waals surface area contributed by atoms with Crippen LogP contribution in [0.3, 0.4) is 0 Å². The fourth-order valence-electron chi connectivity index (χ4n) is 1.88. The molecule has 0 atom stereocenters. The molecule has 0 amide bonds. The molecule has 1 aromatic rings. The van der Waals surface area contributed by atoms with Crippen molar-refractivity contribution in [3.05, 3.63) is 35.9 Å². The summed E-state index contributed by atoms with van der Waals surface area (Å²) < 4.78 is 34.5. The largest absolute Gasteiger partial charge is 0.353 e. The second-order valence-electron chi connectivity index (χ2n) is 4.39. The molecule has 1 heterocycles. The summed E-state index contributed by atoms with van der Waals surface area (Å²) in [5, 5.41) is 0. The van der Waals surface area contributed by atoms with E-state index in [2.05, 4.69) is 0 Å². The van der Waals surface area contributed by atoms with Crippen LogP contribution in [0.5, 0.6) is 0 Å². The lowest BCUT2D eigenvalue weighted by molar-refractivity contribution is -0.178. The highest BCUT2D eigenvalue weighted by atomic mass is 32.2. The zero-order valence-corrected chi connectivity index (χ0v) is 11.1. The van der Waals surface area contributed by atoms with E-state index in [1.807, 2.05) is 30.3 Å². The van der Waals surface area contributed by atoms with Gasteiger partial charge in [-0.1, -0.05) is 30.3 Å². The maximum absolute atomic E-state index is 11.9. The fourth-order valence-corrected chi connectivity index (χ4v) is 3.28. The van der Waals surface area contributed by atoms with E-state index in [0.717, 1.165) is 12.0 Å². The van der Waals surface area contributed by atoms with Crippen molar-refractivity contribution in [2.75, 3.05) is 19.0 Å². The highest BCUT2D eigenvalue weighted by Gasteiger charge is 2.19. The lowest BCUT2D eigenvalue weighted by Gasteiger charge is -2.22. The van der Waals surface area contributed by atoms with Crippen LogP contribution in [-0.2, 0) is 25.1 Å². The van der Waals surface area contributed by atoms with Crippen LogP contribution in [0, 0.1) is 0 Å². The van der Waals surface area contributed by atoms with Crippen molar-refractivity contribution < 1.29 is 17.9 Å². The van der Waals surface area contributed by atoms with E-state index in [4.69, 9.17) is 9.47 Å². The minimum atomic E-state index is -3.09. The number of rotatable bonds is 5. The minimum absolute atomic E-state index is 0.0839. The maximum Gasteiger partial charge on any atom is 0.158 e. The van der Waals surface area contributed by atoms with Crippen molar-refractivity contribution in [1.29, 1.82) is 0 Å². The van der Waals surface area contributed by atoms with Gasteiger partial charge in [-0.05, 0) is 12.0 Å². The second kappa shape index (κ2) is 6.31. The standard InChI is InChI=1S/C13H18O4S/c14-18(15,11-12-5-2-1-3-6-12)10-7-13-16-8-4-9-17-13/h1-3,5-6,13H,4,7-11H2. The molecule has 2 rings (SSSR count). The molecule has 5 heteroatoms. The topological polar surface area (TPSA) is 52.6 Å². The van der Waals surface area contributed by atoms with Gasteiger partial charge in [-0.2, -0.15) is 0 Å². The van der Waals surface area contributed by atoms with Crippen LogP contribution in [-0.4, -0.2) is 33.7 Å². The van der Waals surface area contributed by atoms with Gasteiger partial charge in [0.15, 0.2) is 16.1 Å². The Kier molecular flexibility index (Phi) is 4.74. The molecule has 4 nitrogen and oxygen atoms in total. The zero-order chi connectivity index (χ0) is 12.8. The minimum Gasteiger partial charge on any atom is -0.353 e. The van der Waals surface area contributed by atoms with Crippen LogP contribution < -0.4 is 0 Å². The lowest BCUT2D eigenvalue weighted by Crippen LogP contribution is -2.27. The first-order chi connectivity index (χ1) is 8.66. The molecule has 0 N–H and O–H groups in total. The second-order valence-corrected chi connectivity index (χ2v) is 6.58. The van der Waals surface area contributed by atoms with Gasteiger partial charge in [-0.25, -0.2) is 8.42 Å². The monoisotopic (exact) mass is 270 g/mol. The highest BCUT2D eigenvalue weighted by Crippen LogP contribution is 2.12. The molecule has 0 saturated carbocycles. The summed E-state index contributed by atoms with van der Waals surface area (Å²) in [6, 6.07) is 9.21. The number of benzene rings is 1. The molecule has 0 bridgehead atoms. The Morgan fingerprint density at radius 2 is 1.78 bits per heavy atom. The molecule has 100 valence electrons. The van der Waals surface area contributed by atoms with E-state index < -0.39 is 9.84 Å². The molecular weight excluding hydrogens is 252 g/mol. The Morgan fingerprint density at radius 3 is 2.44 bits per heavy atom. The Morgan fingerprint density at radius 1 is 1.11 bits per heavy atom. The number of hydrogen-bond acceptors (Lipinski definition) is 4. The van der Waals surface area contributed by atoms with Crippen molar-refractivity contribution >= 4 is 9.84 Å². The van der Waals surface area contributed by atoms with Crippen molar-refractivity contribution in [2.24, 2.45) is 0 Å². The Bertz CT molecular complexity index is 449. The lowest BCUT2D eigenvalue weighted by atomic mass is 10.2. The number of hydrogen-bond donors (Lipinski definition) is 0. The molecule has 1 saturated heterocycles. The van der Waals surface area contributed by atoms with Crippen molar-refractivity contribution in [1.82, 2.24) is 0 Å². The molecule has 18 heavy (non-hydrogen) atoms. The average molecular weight is 270 g/mol. The van der Waals surface area contributed by atoms with Gasteiger partial charge in [0.25, 0.3) is 0 Å². The van der Waals surface area contributed by atoms with Crippen LogP contribution in [0.1, 0.15) is 18.4 Å². The van der Waals surface area contributed by atoms with E-state index in [0.29, 0.717) is 19.6 Å². The third-order valence-electron chi connectivity index (χ3n) is 2.79. The smallest absolute Gasteiger partial charge is 0.158 e. The third-order valence-corrected chi connectivity index (χ3v) is 4.42. The molecule has 0 spiro atoms. The first-order valence-electron chi connectivity index (χ1n) is 6.13. The third kappa shape index (κ3) is 4.40. The average Bonchev–Trinajstić information content (AvgIpc) is 2.38. The van der Waals surface area contributed by atoms with Gasteiger partial charge < -0.3 is 9.47 Å². The molecule has 0 unspecified atom stereocenters. The summed E-state index contributed by atoms with van der Waals surface area (Å²) in [5.41, 5.74) is 0.822. The van der Waals surface area contributed by atoms with Crippen molar-refractivity contribution in [3.63, 3.8) is 0 Å². The molecular formula is C13H18O4S. The van der Waals surface area contributed by atoms with Crippen molar-refractivity contribution in [3.8, 4) is 0 Å². The predicted octanol–water partition coefficient (Wildman–Crippen LogP) is 1.75. The van der Waals surface area contributed by atoms with Crippen LogP contribution >= 0.6 is 0 Å². The molecule has 1 fully saturated rings. The zero-order valence-electron chi connectivity index (χ0n) is 10.2. The molecule has 1 aromatic carbocycles. The first-order valence-corrected chi connectivity index (χ1v) is 7.95. The van der Waals surface area contributed by atoms with Gasteiger partial charge in [0.05, 0.1) is 24.7 Å². The van der Waals surface area contributed by atoms with Gasteiger partial charge in [-0.15, -0.1) is 0 Å². The van der Waals surface area contributed by atoms with Gasteiger partial charge in [0.1, 0.15) is 0 Å². The summed E-state index contributed by atoms with van der Waals surface area (Å²) in [6.45, 7) is 1.31. The summed E-state index contributed by atoms with van der Waals surface area (Å²) in [6.07, 6.45) is 0.937. The summed E-state index contributed by atoms with van der Waals surface area (Å²) >= 11 is 0. The molecule has 1 aliphatic heterocycles. The maximum atomic E-state index is 11.9. The molecule has 0 aromatic heterocycles. The molecule has 0 radical (unpaired) electrons. The molecule has 0 aliphatic carbocycles. The van der Waals surface area contributed by atoms with E-state index in [-0.39, 0.29) is 17.8 Å². The Labute approximate surface area is 108 Å². The van der Waals surface area contributed by atoms with Gasteiger partial charge in [-0.3, -0.25) is 0 Å². The predicted molar refractivity (Wildman–Crippen MR) is 68.9 cm³/mol. The van der Waals surface area contributed by atoms with Crippen LogP contribution in [0.25, 0.3) is 0 Å². The number of sulfone groups is 1. The summed E-state index contributed by atoms with van der Waals surface area (Å²) in [5.74, 6) is 0.188. The van der Waals surface area contributed by atoms with Crippen LogP contribution in [0.15, 0.2) is 30.3 Å².